The second kappa shape index (κ2) is 4.00. The Kier molecular flexibility index (Phi) is 3.15. The topological polar surface area (TPSA) is 22.1 Å². The molecule has 0 atom stereocenters. The van der Waals surface area contributed by atoms with Gasteiger partial charge in [-0.15, -0.1) is 24.8 Å². The van der Waals surface area contributed by atoms with E-state index in [2.05, 4.69) is 9.72 Å². The van der Waals surface area contributed by atoms with Crippen LogP contribution in [0, 0.1) is 5.95 Å². The summed E-state index contributed by atoms with van der Waals surface area (Å²) in [6.45, 7) is 0. The number of alkyl halides is 4. The van der Waals surface area contributed by atoms with E-state index in [4.69, 9.17) is 11.6 Å². The third kappa shape index (κ3) is 3.02. The van der Waals surface area contributed by atoms with Crippen molar-refractivity contribution in [2.45, 2.75) is 12.2 Å². The molecule has 1 rings (SSSR count). The summed E-state index contributed by atoms with van der Waals surface area (Å²) in [5.41, 5.74) is 0.0150. The van der Waals surface area contributed by atoms with Crippen LogP contribution in [0.25, 0.3) is 0 Å². The molecule has 0 unspecified atom stereocenters. The molecule has 2 nitrogen and oxygen atoms in total. The van der Waals surface area contributed by atoms with E-state index in [0.717, 1.165) is 12.1 Å². The maximum atomic E-state index is 12.8. The molecule has 0 saturated heterocycles. The lowest BCUT2D eigenvalue weighted by atomic mass is 10.3. The van der Waals surface area contributed by atoms with Gasteiger partial charge in [0.1, 0.15) is 0 Å². The van der Waals surface area contributed by atoms with Crippen molar-refractivity contribution in [3.8, 4) is 5.88 Å². The van der Waals surface area contributed by atoms with Crippen LogP contribution in [-0.4, -0.2) is 11.3 Å². The van der Waals surface area contributed by atoms with Gasteiger partial charge in [-0.05, 0) is 6.07 Å². The van der Waals surface area contributed by atoms with Crippen LogP contribution >= 0.6 is 11.6 Å². The molecule has 0 aliphatic carbocycles. The van der Waals surface area contributed by atoms with Gasteiger partial charge in [-0.2, -0.15) is 9.37 Å². The first kappa shape index (κ1) is 11.0. The van der Waals surface area contributed by atoms with Gasteiger partial charge in [0, 0.05) is 11.6 Å². The van der Waals surface area contributed by atoms with E-state index in [0.29, 0.717) is 0 Å². The van der Waals surface area contributed by atoms with Crippen LogP contribution in [0.1, 0.15) is 5.56 Å². The fourth-order valence-electron chi connectivity index (χ4n) is 0.722. The number of nitrogens with zero attached hydrogens (tertiary/aromatic N) is 1. The zero-order valence-corrected chi connectivity index (χ0v) is 7.36. The lowest BCUT2D eigenvalue weighted by molar-refractivity contribution is -0.276. The summed E-state index contributed by atoms with van der Waals surface area (Å²) < 4.78 is 51.1. The summed E-state index contributed by atoms with van der Waals surface area (Å²) in [4.78, 5) is 2.94. The van der Waals surface area contributed by atoms with Crippen molar-refractivity contribution in [3.63, 3.8) is 0 Å². The Labute approximate surface area is 81.5 Å². The van der Waals surface area contributed by atoms with Gasteiger partial charge in [-0.3, -0.25) is 0 Å². The first-order valence-corrected chi connectivity index (χ1v) is 3.93. The molecule has 0 N–H and O–H groups in total. The standard InChI is InChI=1S/C7H4ClF4NO/c8-3-4-1-2-5(13-6(4)9)14-7(10,11)12/h1-2H,3H2. The van der Waals surface area contributed by atoms with Crippen molar-refractivity contribution in [3.05, 3.63) is 23.6 Å². The highest BCUT2D eigenvalue weighted by Crippen LogP contribution is 2.21. The van der Waals surface area contributed by atoms with Gasteiger partial charge in [0.25, 0.3) is 0 Å². The normalized spacial score (nSPS) is 11.5. The molecule has 0 bridgehead atoms. The molecule has 0 aromatic carbocycles. The maximum absolute atomic E-state index is 12.8. The lowest BCUT2D eigenvalue weighted by Gasteiger charge is -2.07. The second-order valence-electron chi connectivity index (χ2n) is 2.28. The van der Waals surface area contributed by atoms with E-state index in [1.807, 2.05) is 0 Å². The van der Waals surface area contributed by atoms with Gasteiger partial charge in [-0.25, -0.2) is 0 Å². The van der Waals surface area contributed by atoms with E-state index in [-0.39, 0.29) is 11.4 Å². The van der Waals surface area contributed by atoms with Crippen molar-refractivity contribution < 1.29 is 22.3 Å². The summed E-state index contributed by atoms with van der Waals surface area (Å²) in [6.07, 6.45) is -4.87. The number of hydrogen-bond acceptors (Lipinski definition) is 2. The Balaban J connectivity index is 2.87. The molecule has 7 heteroatoms. The zero-order chi connectivity index (χ0) is 10.8. The Morgan fingerprint density at radius 2 is 2.00 bits per heavy atom. The highest BCUT2D eigenvalue weighted by molar-refractivity contribution is 6.17. The minimum atomic E-state index is -4.87. The van der Waals surface area contributed by atoms with Crippen molar-refractivity contribution in [1.29, 1.82) is 0 Å². The molecule has 1 aromatic heterocycles. The lowest BCUT2D eigenvalue weighted by Crippen LogP contribution is -2.18. The molecule has 0 aliphatic rings. The van der Waals surface area contributed by atoms with Crippen LogP contribution in [0.3, 0.4) is 0 Å². The molecular weight excluding hydrogens is 226 g/mol. The summed E-state index contributed by atoms with van der Waals surface area (Å²) in [5, 5.41) is 0. The Morgan fingerprint density at radius 3 is 2.43 bits per heavy atom. The van der Waals surface area contributed by atoms with Gasteiger partial charge >= 0.3 is 6.36 Å². The first-order chi connectivity index (χ1) is 6.42. The maximum Gasteiger partial charge on any atom is 0.574 e. The summed E-state index contributed by atoms with van der Waals surface area (Å²) in [7, 11) is 0. The van der Waals surface area contributed by atoms with Crippen LogP contribution in [0.5, 0.6) is 5.88 Å². The molecule has 0 aliphatic heterocycles. The molecule has 78 valence electrons. The van der Waals surface area contributed by atoms with Gasteiger partial charge in [0.05, 0.1) is 5.88 Å². The van der Waals surface area contributed by atoms with Crippen LogP contribution in [0.4, 0.5) is 17.6 Å². The summed E-state index contributed by atoms with van der Waals surface area (Å²) in [6, 6.07) is 1.98. The first-order valence-electron chi connectivity index (χ1n) is 3.39. The van der Waals surface area contributed by atoms with Gasteiger partial charge in [-0.1, -0.05) is 0 Å². The molecule has 0 saturated carbocycles. The van der Waals surface area contributed by atoms with Crippen LogP contribution in [-0.2, 0) is 5.88 Å². The summed E-state index contributed by atoms with van der Waals surface area (Å²) in [5.74, 6) is -2.07. The Bertz CT molecular complexity index is 328. The monoisotopic (exact) mass is 229 g/mol. The van der Waals surface area contributed by atoms with E-state index in [1.54, 1.807) is 0 Å². The zero-order valence-electron chi connectivity index (χ0n) is 6.61. The SMILES string of the molecule is Fc1nc(OC(F)(F)F)ccc1CCl. The fraction of sp³-hybridized carbons (Fsp3) is 0.286. The molecule has 0 fully saturated rings. The Hall–Kier alpha value is -1.04. The number of halogens is 5. The van der Waals surface area contributed by atoms with E-state index >= 15 is 0 Å². The number of rotatable bonds is 2. The molecule has 0 spiro atoms. The molecule has 0 amide bonds. The van der Waals surface area contributed by atoms with Crippen LogP contribution < -0.4 is 4.74 Å². The second-order valence-corrected chi connectivity index (χ2v) is 2.55. The number of hydrogen-bond donors (Lipinski definition) is 0. The van der Waals surface area contributed by atoms with E-state index < -0.39 is 18.2 Å². The molecule has 0 radical (unpaired) electrons. The highest BCUT2D eigenvalue weighted by Gasteiger charge is 2.32. The highest BCUT2D eigenvalue weighted by atomic mass is 35.5. The quantitative estimate of drug-likeness (QED) is 0.442. The van der Waals surface area contributed by atoms with Crippen molar-refractivity contribution in [2.24, 2.45) is 0 Å². The van der Waals surface area contributed by atoms with Crippen LogP contribution in [0.15, 0.2) is 12.1 Å². The Morgan fingerprint density at radius 1 is 1.36 bits per heavy atom. The third-order valence-electron chi connectivity index (χ3n) is 1.26. The minimum absolute atomic E-state index is 0.0150. The van der Waals surface area contributed by atoms with Gasteiger partial charge in [0.2, 0.25) is 11.8 Å². The molecule has 14 heavy (non-hydrogen) atoms. The van der Waals surface area contributed by atoms with E-state index in [9.17, 15) is 17.6 Å². The largest absolute Gasteiger partial charge is 0.574 e. The average molecular weight is 230 g/mol. The molecule has 1 heterocycles. The third-order valence-corrected chi connectivity index (χ3v) is 1.55. The van der Waals surface area contributed by atoms with Gasteiger partial charge in [0.15, 0.2) is 0 Å². The molecule has 1 aromatic rings. The predicted molar refractivity (Wildman–Crippen MR) is 40.4 cm³/mol. The fourth-order valence-corrected chi connectivity index (χ4v) is 0.921. The smallest absolute Gasteiger partial charge is 0.388 e. The average Bonchev–Trinajstić information content (AvgIpc) is 2.01. The number of ether oxygens (including phenoxy) is 1. The minimum Gasteiger partial charge on any atom is -0.388 e. The van der Waals surface area contributed by atoms with Crippen molar-refractivity contribution in [1.82, 2.24) is 4.98 Å². The van der Waals surface area contributed by atoms with Crippen LogP contribution in [0.2, 0.25) is 0 Å². The van der Waals surface area contributed by atoms with Crippen molar-refractivity contribution in [2.75, 3.05) is 0 Å². The predicted octanol–water partition coefficient (Wildman–Crippen LogP) is 2.86. The van der Waals surface area contributed by atoms with E-state index in [1.165, 1.54) is 0 Å². The molecular formula is C7H4ClF4NO. The number of aromatic nitrogens is 1. The summed E-state index contributed by atoms with van der Waals surface area (Å²) >= 11 is 5.27. The number of pyridine rings is 1. The van der Waals surface area contributed by atoms with Crippen molar-refractivity contribution >= 4 is 11.6 Å². The van der Waals surface area contributed by atoms with Gasteiger partial charge < -0.3 is 4.74 Å².